The second kappa shape index (κ2) is 5.27. The lowest BCUT2D eigenvalue weighted by atomic mass is 10.3. The molecule has 1 aromatic carbocycles. The maximum Gasteiger partial charge on any atom is 0.147 e. The minimum Gasteiger partial charge on any atom is -0.492 e. The topological polar surface area (TPSA) is 69.2 Å². The highest BCUT2D eigenvalue weighted by Gasteiger charge is 2.16. The molecule has 0 fully saturated rings. The zero-order valence-electron chi connectivity index (χ0n) is 10.7. The van der Waals surface area contributed by atoms with Crippen LogP contribution in [0.3, 0.4) is 0 Å². The van der Waals surface area contributed by atoms with E-state index in [-0.39, 0.29) is 0 Å². The van der Waals surface area contributed by atoms with Gasteiger partial charge < -0.3 is 15.0 Å². The summed E-state index contributed by atoms with van der Waals surface area (Å²) in [6.45, 7) is 4.31. The van der Waals surface area contributed by atoms with Crippen LogP contribution in [-0.4, -0.2) is 39.4 Å². The van der Waals surface area contributed by atoms with Crippen LogP contribution in [0, 0.1) is 0 Å². The average Bonchev–Trinajstić information content (AvgIpc) is 2.86. The van der Waals surface area contributed by atoms with Gasteiger partial charge in [0.25, 0.3) is 0 Å². The molecule has 0 bridgehead atoms. The van der Waals surface area contributed by atoms with Gasteiger partial charge in [-0.15, -0.1) is 10.2 Å². The van der Waals surface area contributed by atoms with Gasteiger partial charge in [0.05, 0.1) is 6.54 Å². The SMILES string of the molecule is Nc1cccc(OCCN2CCn3cnnc3C2)c1. The number of aromatic nitrogens is 3. The largest absolute Gasteiger partial charge is 0.492 e. The van der Waals surface area contributed by atoms with Gasteiger partial charge in [0.15, 0.2) is 0 Å². The smallest absolute Gasteiger partial charge is 0.147 e. The van der Waals surface area contributed by atoms with Gasteiger partial charge in [-0.05, 0) is 12.1 Å². The second-order valence-electron chi connectivity index (χ2n) is 4.64. The van der Waals surface area contributed by atoms with Crippen molar-refractivity contribution in [3.8, 4) is 5.75 Å². The third-order valence-electron chi connectivity index (χ3n) is 3.25. The van der Waals surface area contributed by atoms with Crippen molar-refractivity contribution in [1.29, 1.82) is 0 Å². The first-order valence-corrected chi connectivity index (χ1v) is 6.38. The lowest BCUT2D eigenvalue weighted by Gasteiger charge is -2.26. The van der Waals surface area contributed by atoms with E-state index in [1.165, 1.54) is 0 Å². The van der Waals surface area contributed by atoms with Gasteiger partial charge in [-0.2, -0.15) is 0 Å². The summed E-state index contributed by atoms with van der Waals surface area (Å²) in [4.78, 5) is 2.32. The number of fused-ring (bicyclic) bond motifs is 1. The van der Waals surface area contributed by atoms with Crippen LogP contribution in [0.1, 0.15) is 5.82 Å². The number of anilines is 1. The predicted octanol–water partition coefficient (Wildman–Crippen LogP) is 0.755. The molecule has 6 nitrogen and oxygen atoms in total. The van der Waals surface area contributed by atoms with Gasteiger partial charge in [0.1, 0.15) is 24.5 Å². The van der Waals surface area contributed by atoms with Crippen LogP contribution < -0.4 is 10.5 Å². The lowest BCUT2D eigenvalue weighted by molar-refractivity contribution is 0.175. The Morgan fingerprint density at radius 3 is 3.16 bits per heavy atom. The Kier molecular flexibility index (Phi) is 3.33. The first-order valence-electron chi connectivity index (χ1n) is 6.38. The van der Waals surface area contributed by atoms with Gasteiger partial charge in [-0.3, -0.25) is 4.90 Å². The fourth-order valence-electron chi connectivity index (χ4n) is 2.20. The molecule has 6 heteroatoms. The number of nitrogens with zero attached hydrogens (tertiary/aromatic N) is 4. The maximum absolute atomic E-state index is 5.71. The second-order valence-corrected chi connectivity index (χ2v) is 4.64. The van der Waals surface area contributed by atoms with E-state index in [2.05, 4.69) is 19.7 Å². The molecule has 0 unspecified atom stereocenters. The normalized spacial score (nSPS) is 15.2. The monoisotopic (exact) mass is 259 g/mol. The summed E-state index contributed by atoms with van der Waals surface area (Å²) in [6.07, 6.45) is 1.79. The standard InChI is InChI=1S/C13H17N5O/c14-11-2-1-3-12(8-11)19-7-6-17-4-5-18-10-15-16-13(18)9-17/h1-3,8,10H,4-7,9,14H2. The maximum atomic E-state index is 5.71. The third kappa shape index (κ3) is 2.85. The Morgan fingerprint density at radius 1 is 1.32 bits per heavy atom. The zero-order chi connectivity index (χ0) is 13.1. The highest BCUT2D eigenvalue weighted by Crippen LogP contribution is 2.14. The van der Waals surface area contributed by atoms with Crippen molar-refractivity contribution in [3.63, 3.8) is 0 Å². The molecule has 0 atom stereocenters. The van der Waals surface area contributed by atoms with E-state index >= 15 is 0 Å². The molecule has 0 radical (unpaired) electrons. The summed E-state index contributed by atoms with van der Waals surface area (Å²) in [5.74, 6) is 1.84. The fourth-order valence-corrected chi connectivity index (χ4v) is 2.20. The number of hydrogen-bond donors (Lipinski definition) is 1. The Balaban J connectivity index is 1.49. The molecule has 0 aliphatic carbocycles. The summed E-state index contributed by atoms with van der Waals surface area (Å²) in [5.41, 5.74) is 6.43. The molecule has 1 aliphatic rings. The first kappa shape index (κ1) is 12.0. The van der Waals surface area contributed by atoms with Gasteiger partial charge >= 0.3 is 0 Å². The molecule has 0 saturated heterocycles. The van der Waals surface area contributed by atoms with Gasteiger partial charge in [0, 0.05) is 31.4 Å². The van der Waals surface area contributed by atoms with Crippen molar-refractivity contribution in [2.24, 2.45) is 0 Å². The Morgan fingerprint density at radius 2 is 2.26 bits per heavy atom. The average molecular weight is 259 g/mol. The van der Waals surface area contributed by atoms with E-state index in [0.717, 1.165) is 43.4 Å². The lowest BCUT2D eigenvalue weighted by Crippen LogP contribution is -2.36. The zero-order valence-corrected chi connectivity index (χ0v) is 10.7. The summed E-state index contributed by atoms with van der Waals surface area (Å²) in [7, 11) is 0. The van der Waals surface area contributed by atoms with Gasteiger partial charge in [-0.25, -0.2) is 0 Å². The van der Waals surface area contributed by atoms with Crippen molar-refractivity contribution >= 4 is 5.69 Å². The highest BCUT2D eigenvalue weighted by atomic mass is 16.5. The van der Waals surface area contributed by atoms with Crippen LogP contribution >= 0.6 is 0 Å². The number of nitrogen functional groups attached to an aromatic ring is 1. The number of rotatable bonds is 4. The third-order valence-corrected chi connectivity index (χ3v) is 3.25. The number of hydrogen-bond acceptors (Lipinski definition) is 5. The van der Waals surface area contributed by atoms with Crippen LogP contribution in [0.15, 0.2) is 30.6 Å². The van der Waals surface area contributed by atoms with E-state index in [4.69, 9.17) is 10.5 Å². The van der Waals surface area contributed by atoms with Crippen molar-refractivity contribution in [1.82, 2.24) is 19.7 Å². The minimum absolute atomic E-state index is 0.650. The molecule has 0 amide bonds. The van der Waals surface area contributed by atoms with E-state index in [1.807, 2.05) is 24.3 Å². The fraction of sp³-hybridized carbons (Fsp3) is 0.385. The first-order chi connectivity index (χ1) is 9.31. The van der Waals surface area contributed by atoms with Crippen molar-refractivity contribution in [3.05, 3.63) is 36.4 Å². The summed E-state index contributed by atoms with van der Waals surface area (Å²) < 4.78 is 7.79. The van der Waals surface area contributed by atoms with E-state index in [1.54, 1.807) is 6.33 Å². The van der Waals surface area contributed by atoms with Crippen molar-refractivity contribution in [2.45, 2.75) is 13.1 Å². The molecule has 2 aromatic rings. The van der Waals surface area contributed by atoms with Crippen LogP contribution in [-0.2, 0) is 13.1 Å². The van der Waals surface area contributed by atoms with E-state index < -0.39 is 0 Å². The summed E-state index contributed by atoms with van der Waals surface area (Å²) >= 11 is 0. The van der Waals surface area contributed by atoms with E-state index in [9.17, 15) is 0 Å². The molecule has 19 heavy (non-hydrogen) atoms. The molecule has 1 aromatic heterocycles. The molecule has 2 heterocycles. The molecule has 3 rings (SSSR count). The quantitative estimate of drug-likeness (QED) is 0.821. The molecule has 2 N–H and O–H groups in total. The predicted molar refractivity (Wildman–Crippen MR) is 71.6 cm³/mol. The highest BCUT2D eigenvalue weighted by molar-refractivity contribution is 5.43. The van der Waals surface area contributed by atoms with Crippen LogP contribution in [0.4, 0.5) is 5.69 Å². The number of nitrogens with two attached hydrogens (primary N) is 1. The van der Waals surface area contributed by atoms with Crippen molar-refractivity contribution < 1.29 is 4.74 Å². The van der Waals surface area contributed by atoms with Crippen LogP contribution in [0.2, 0.25) is 0 Å². The minimum atomic E-state index is 0.650. The number of benzene rings is 1. The Bertz CT molecular complexity index is 553. The molecule has 1 aliphatic heterocycles. The van der Waals surface area contributed by atoms with Crippen molar-refractivity contribution in [2.75, 3.05) is 25.4 Å². The van der Waals surface area contributed by atoms with Crippen LogP contribution in [0.5, 0.6) is 5.75 Å². The summed E-state index contributed by atoms with van der Waals surface area (Å²) in [5, 5.41) is 8.02. The summed E-state index contributed by atoms with van der Waals surface area (Å²) in [6, 6.07) is 7.51. The Hall–Kier alpha value is -2.08. The molecule has 0 spiro atoms. The van der Waals surface area contributed by atoms with Gasteiger partial charge in [0.2, 0.25) is 0 Å². The van der Waals surface area contributed by atoms with Gasteiger partial charge in [-0.1, -0.05) is 6.07 Å². The molecule has 0 saturated carbocycles. The van der Waals surface area contributed by atoms with Crippen LogP contribution in [0.25, 0.3) is 0 Å². The number of ether oxygens (including phenoxy) is 1. The Labute approximate surface area is 111 Å². The molecular weight excluding hydrogens is 242 g/mol. The molecular formula is C13H17N5O. The van der Waals surface area contributed by atoms with E-state index in [0.29, 0.717) is 6.61 Å². The molecule has 100 valence electrons.